The molecule has 2 amide bonds. The van der Waals surface area contributed by atoms with Crippen LogP contribution in [0.2, 0.25) is 0 Å². The largest absolute Gasteiger partial charge is 0.488 e. The Morgan fingerprint density at radius 2 is 1.90 bits per heavy atom. The van der Waals surface area contributed by atoms with Crippen molar-refractivity contribution in [1.82, 2.24) is 5.32 Å². The zero-order valence-corrected chi connectivity index (χ0v) is 12.6. The monoisotopic (exact) mass is 295 g/mol. The maximum atomic E-state index is 11.7. The lowest BCUT2D eigenvalue weighted by atomic mass is 10.3. The highest BCUT2D eigenvalue weighted by Crippen LogP contribution is 2.06. The van der Waals surface area contributed by atoms with Crippen LogP contribution in [0.1, 0.15) is 13.8 Å². The molecule has 6 nitrogen and oxygen atoms in total. The average molecular weight is 295 g/mol. The first-order valence-electron chi connectivity index (χ1n) is 7.13. The molecule has 0 radical (unpaired) electrons. The Kier molecular flexibility index (Phi) is 7.89. The zero-order chi connectivity index (χ0) is 15.5. The predicted octanol–water partition coefficient (Wildman–Crippen LogP) is 0.243. The maximum Gasteiger partial charge on any atom is 0.414 e. The van der Waals surface area contributed by atoms with E-state index < -0.39 is 6.09 Å². The fourth-order valence-electron chi connectivity index (χ4n) is 1.77. The minimum atomic E-state index is -0.696. The van der Waals surface area contributed by atoms with E-state index in [1.807, 2.05) is 37.3 Å². The molecule has 0 saturated heterocycles. The molecule has 0 aliphatic heterocycles. The lowest BCUT2D eigenvalue weighted by molar-refractivity contribution is -0.890. The number of rotatable bonds is 8. The summed E-state index contributed by atoms with van der Waals surface area (Å²) < 4.78 is 10.3. The number of para-hydroxylation sites is 1. The van der Waals surface area contributed by atoms with Crippen LogP contribution >= 0.6 is 0 Å². The second-order valence-corrected chi connectivity index (χ2v) is 4.46. The van der Waals surface area contributed by atoms with Crippen molar-refractivity contribution in [2.24, 2.45) is 0 Å². The molecule has 1 unspecified atom stereocenters. The van der Waals surface area contributed by atoms with Crippen LogP contribution in [0.3, 0.4) is 0 Å². The van der Waals surface area contributed by atoms with Crippen molar-refractivity contribution in [3.8, 4) is 5.75 Å². The Bertz CT molecular complexity index is 437. The van der Waals surface area contributed by atoms with E-state index >= 15 is 0 Å². The molecule has 1 aromatic carbocycles. The number of hydrogen-bond acceptors (Lipinski definition) is 4. The summed E-state index contributed by atoms with van der Waals surface area (Å²) in [5, 5.41) is 2.19. The molecular formula is C15H23N2O4+. The Balaban J connectivity index is 2.28. The highest BCUT2D eigenvalue weighted by atomic mass is 16.5. The van der Waals surface area contributed by atoms with Crippen LogP contribution in [0.4, 0.5) is 4.79 Å². The van der Waals surface area contributed by atoms with Crippen molar-refractivity contribution in [3.63, 3.8) is 0 Å². The van der Waals surface area contributed by atoms with Gasteiger partial charge in [0.15, 0.2) is 6.54 Å². The topological polar surface area (TPSA) is 69.1 Å². The summed E-state index contributed by atoms with van der Waals surface area (Å²) in [6.45, 7) is 6.10. The number of carbonyl (C=O) groups excluding carboxylic acids is 2. The quantitative estimate of drug-likeness (QED) is 0.721. The number of imide groups is 1. The molecule has 116 valence electrons. The highest BCUT2D eigenvalue weighted by molar-refractivity contribution is 5.92. The Hall–Kier alpha value is -2.08. The van der Waals surface area contributed by atoms with Crippen molar-refractivity contribution in [2.75, 3.05) is 32.8 Å². The van der Waals surface area contributed by atoms with Gasteiger partial charge in [-0.25, -0.2) is 4.79 Å². The van der Waals surface area contributed by atoms with Gasteiger partial charge in [-0.05, 0) is 26.0 Å². The molecular weight excluding hydrogens is 272 g/mol. The van der Waals surface area contributed by atoms with Crippen molar-refractivity contribution < 1.29 is 24.0 Å². The minimum absolute atomic E-state index is 0.216. The summed E-state index contributed by atoms with van der Waals surface area (Å²) in [6, 6.07) is 9.52. The molecule has 21 heavy (non-hydrogen) atoms. The third-order valence-electron chi connectivity index (χ3n) is 2.90. The van der Waals surface area contributed by atoms with Gasteiger partial charge in [-0.15, -0.1) is 0 Å². The van der Waals surface area contributed by atoms with Crippen molar-refractivity contribution in [1.29, 1.82) is 0 Å². The smallest absolute Gasteiger partial charge is 0.414 e. The van der Waals surface area contributed by atoms with Crippen LogP contribution in [-0.2, 0) is 9.53 Å². The van der Waals surface area contributed by atoms with Crippen molar-refractivity contribution in [3.05, 3.63) is 30.3 Å². The van der Waals surface area contributed by atoms with Gasteiger partial charge >= 0.3 is 6.09 Å². The second-order valence-electron chi connectivity index (χ2n) is 4.46. The lowest BCUT2D eigenvalue weighted by Crippen LogP contribution is -3.13. The number of quaternary nitrogens is 1. The first kappa shape index (κ1) is 17.0. The average Bonchev–Trinajstić information content (AvgIpc) is 2.47. The van der Waals surface area contributed by atoms with E-state index in [0.29, 0.717) is 13.2 Å². The van der Waals surface area contributed by atoms with Gasteiger partial charge in [0, 0.05) is 0 Å². The third-order valence-corrected chi connectivity index (χ3v) is 2.90. The number of likely N-dealkylation sites (N-methyl/N-ethyl adjacent to an activating group) is 1. The van der Waals surface area contributed by atoms with Gasteiger partial charge in [0.05, 0.1) is 13.2 Å². The third kappa shape index (κ3) is 7.31. The molecule has 0 saturated carbocycles. The number of hydrogen-bond donors (Lipinski definition) is 2. The zero-order valence-electron chi connectivity index (χ0n) is 12.6. The first-order chi connectivity index (χ1) is 10.2. The van der Waals surface area contributed by atoms with Gasteiger partial charge in [-0.2, -0.15) is 0 Å². The van der Waals surface area contributed by atoms with E-state index in [1.54, 1.807) is 6.92 Å². The standard InChI is InChI=1S/C15H22N2O4/c1-3-17(12-14(18)16-15(19)20-4-2)10-11-21-13-8-6-5-7-9-13/h5-9H,3-4,10-12H2,1-2H3,(H,16,18,19)/p+1. The molecule has 0 fully saturated rings. The summed E-state index contributed by atoms with van der Waals surface area (Å²) in [7, 11) is 0. The summed E-state index contributed by atoms with van der Waals surface area (Å²) in [5.41, 5.74) is 0. The molecule has 0 spiro atoms. The molecule has 0 aliphatic rings. The van der Waals surface area contributed by atoms with Crippen LogP contribution in [0.25, 0.3) is 0 Å². The number of benzene rings is 1. The molecule has 0 heterocycles. The van der Waals surface area contributed by atoms with Gasteiger partial charge < -0.3 is 14.4 Å². The number of carbonyl (C=O) groups is 2. The molecule has 1 aromatic rings. The van der Waals surface area contributed by atoms with Gasteiger partial charge in [0.2, 0.25) is 0 Å². The highest BCUT2D eigenvalue weighted by Gasteiger charge is 2.15. The summed E-state index contributed by atoms with van der Waals surface area (Å²) >= 11 is 0. The van der Waals surface area contributed by atoms with Gasteiger partial charge in [-0.3, -0.25) is 10.1 Å². The Morgan fingerprint density at radius 1 is 1.19 bits per heavy atom. The summed E-state index contributed by atoms with van der Waals surface area (Å²) in [6.07, 6.45) is -0.696. The van der Waals surface area contributed by atoms with E-state index in [9.17, 15) is 9.59 Å². The number of nitrogens with one attached hydrogen (secondary N) is 2. The molecule has 1 atom stereocenters. The van der Waals surface area contributed by atoms with Crippen LogP contribution in [-0.4, -0.2) is 44.8 Å². The van der Waals surface area contributed by atoms with E-state index in [2.05, 4.69) is 10.1 Å². The Morgan fingerprint density at radius 3 is 2.52 bits per heavy atom. The molecule has 6 heteroatoms. The van der Waals surface area contributed by atoms with E-state index in [1.165, 1.54) is 0 Å². The van der Waals surface area contributed by atoms with Gasteiger partial charge in [0.25, 0.3) is 5.91 Å². The van der Waals surface area contributed by atoms with E-state index in [4.69, 9.17) is 4.74 Å². The fraction of sp³-hybridized carbons (Fsp3) is 0.467. The Labute approximate surface area is 125 Å². The number of alkyl carbamates (subject to hydrolysis) is 1. The summed E-state index contributed by atoms with van der Waals surface area (Å²) in [5.74, 6) is 0.467. The first-order valence-corrected chi connectivity index (χ1v) is 7.13. The minimum Gasteiger partial charge on any atom is -0.488 e. The normalized spacial score (nSPS) is 11.5. The van der Waals surface area contributed by atoms with Crippen LogP contribution in [0.15, 0.2) is 30.3 Å². The molecule has 0 bridgehead atoms. The SMILES string of the molecule is CCOC(=O)NC(=O)C[NH+](CC)CCOc1ccccc1. The molecule has 0 aromatic heterocycles. The predicted molar refractivity (Wildman–Crippen MR) is 78.3 cm³/mol. The van der Waals surface area contributed by atoms with Crippen LogP contribution in [0, 0.1) is 0 Å². The molecule has 2 N–H and O–H groups in total. The van der Waals surface area contributed by atoms with Crippen LogP contribution < -0.4 is 15.0 Å². The molecule has 1 rings (SSSR count). The summed E-state index contributed by atoms with van der Waals surface area (Å²) in [4.78, 5) is 23.8. The fourth-order valence-corrected chi connectivity index (χ4v) is 1.77. The lowest BCUT2D eigenvalue weighted by Gasteiger charge is -2.17. The maximum absolute atomic E-state index is 11.7. The van der Waals surface area contributed by atoms with Gasteiger partial charge in [0.1, 0.15) is 18.9 Å². The molecule has 0 aliphatic carbocycles. The second kappa shape index (κ2) is 9.77. The van der Waals surface area contributed by atoms with E-state index in [-0.39, 0.29) is 19.1 Å². The number of ether oxygens (including phenoxy) is 2. The van der Waals surface area contributed by atoms with Crippen molar-refractivity contribution >= 4 is 12.0 Å². The van der Waals surface area contributed by atoms with Gasteiger partial charge in [-0.1, -0.05) is 18.2 Å². The number of amides is 2. The van der Waals surface area contributed by atoms with Crippen molar-refractivity contribution in [2.45, 2.75) is 13.8 Å². The van der Waals surface area contributed by atoms with E-state index in [0.717, 1.165) is 17.2 Å². The van der Waals surface area contributed by atoms with Crippen LogP contribution in [0.5, 0.6) is 5.75 Å².